The number of ether oxygens (including phenoxy) is 1. The number of aromatic nitrogens is 2. The van der Waals surface area contributed by atoms with Crippen molar-refractivity contribution in [3.8, 4) is 5.75 Å². The van der Waals surface area contributed by atoms with Crippen LogP contribution in [0.2, 0.25) is 0 Å². The predicted octanol–water partition coefficient (Wildman–Crippen LogP) is 3.48. The number of methoxy groups -OCH3 is 1. The van der Waals surface area contributed by atoms with Gasteiger partial charge in [0.25, 0.3) is 10.0 Å². The van der Waals surface area contributed by atoms with Crippen molar-refractivity contribution in [2.45, 2.75) is 11.8 Å². The largest absolute Gasteiger partial charge is 0.495 e. The van der Waals surface area contributed by atoms with Gasteiger partial charge in [0.05, 0.1) is 7.11 Å². The van der Waals surface area contributed by atoms with Crippen molar-refractivity contribution in [2.24, 2.45) is 0 Å². The Morgan fingerprint density at radius 3 is 2.41 bits per heavy atom. The van der Waals surface area contributed by atoms with Crippen molar-refractivity contribution in [1.29, 1.82) is 0 Å². The van der Waals surface area contributed by atoms with Crippen LogP contribution in [0.5, 0.6) is 5.75 Å². The van der Waals surface area contributed by atoms with Crippen LogP contribution in [-0.4, -0.2) is 25.7 Å². The van der Waals surface area contributed by atoms with E-state index in [0.717, 1.165) is 5.56 Å². The minimum Gasteiger partial charge on any atom is -0.495 e. The summed E-state index contributed by atoms with van der Waals surface area (Å²) in [7, 11) is -2.50. The van der Waals surface area contributed by atoms with Crippen LogP contribution in [0, 0.1) is 12.7 Å². The Kier molecular flexibility index (Phi) is 5.22. The topological polar surface area (TPSA) is 93.2 Å². The number of nitrogens with zero attached hydrogens (tertiary/aromatic N) is 2. The van der Waals surface area contributed by atoms with Crippen molar-refractivity contribution < 1.29 is 17.5 Å². The molecule has 2 aromatic carbocycles. The Hall–Kier alpha value is -3.20. The van der Waals surface area contributed by atoms with Gasteiger partial charge in [-0.15, -0.1) is 10.2 Å². The molecule has 9 heteroatoms. The molecule has 3 aromatic rings. The zero-order chi connectivity index (χ0) is 19.4. The quantitative estimate of drug-likeness (QED) is 0.672. The summed E-state index contributed by atoms with van der Waals surface area (Å²) in [5, 5.41) is 10.6. The van der Waals surface area contributed by atoms with Crippen LogP contribution in [0.1, 0.15) is 5.56 Å². The van der Waals surface area contributed by atoms with Crippen LogP contribution in [-0.2, 0) is 10.0 Å². The number of halogens is 1. The fraction of sp³-hybridized carbons (Fsp3) is 0.111. The molecule has 0 saturated heterocycles. The normalized spacial score (nSPS) is 11.1. The van der Waals surface area contributed by atoms with E-state index in [9.17, 15) is 12.8 Å². The molecule has 0 bridgehead atoms. The number of nitrogens with one attached hydrogen (secondary N) is 2. The van der Waals surface area contributed by atoms with Gasteiger partial charge in [-0.1, -0.05) is 12.1 Å². The van der Waals surface area contributed by atoms with Crippen LogP contribution in [0.25, 0.3) is 0 Å². The molecule has 1 aromatic heterocycles. The highest BCUT2D eigenvalue weighted by Crippen LogP contribution is 2.26. The minimum atomic E-state index is -3.90. The van der Waals surface area contributed by atoms with E-state index in [2.05, 4.69) is 20.2 Å². The van der Waals surface area contributed by atoms with E-state index in [1.807, 2.05) is 0 Å². The number of sulfonamides is 1. The zero-order valence-corrected chi connectivity index (χ0v) is 15.4. The fourth-order valence-corrected chi connectivity index (χ4v) is 3.61. The van der Waals surface area contributed by atoms with Gasteiger partial charge in [-0.05, 0) is 55.0 Å². The van der Waals surface area contributed by atoms with Crippen LogP contribution in [0.4, 0.5) is 21.7 Å². The van der Waals surface area contributed by atoms with Gasteiger partial charge in [-0.25, -0.2) is 12.8 Å². The molecule has 7 nitrogen and oxygen atoms in total. The third-order valence-electron chi connectivity index (χ3n) is 3.61. The predicted molar refractivity (Wildman–Crippen MR) is 100 cm³/mol. The first-order valence-corrected chi connectivity index (χ1v) is 9.39. The summed E-state index contributed by atoms with van der Waals surface area (Å²) in [5.41, 5.74) is 1.28. The molecular weight excluding hydrogens is 371 g/mol. The Morgan fingerprint density at radius 2 is 1.74 bits per heavy atom. The van der Waals surface area contributed by atoms with Crippen molar-refractivity contribution in [3.05, 3.63) is 66.0 Å². The van der Waals surface area contributed by atoms with Crippen LogP contribution in [0.3, 0.4) is 0 Å². The molecular formula is C18H17FN4O3S. The van der Waals surface area contributed by atoms with Crippen LogP contribution >= 0.6 is 0 Å². The summed E-state index contributed by atoms with van der Waals surface area (Å²) in [6.45, 7) is 1.78. The van der Waals surface area contributed by atoms with Crippen LogP contribution < -0.4 is 14.8 Å². The first-order valence-electron chi connectivity index (χ1n) is 7.91. The maximum Gasteiger partial charge on any atom is 0.266 e. The van der Waals surface area contributed by atoms with Gasteiger partial charge in [0.15, 0.2) is 11.6 Å². The molecule has 0 atom stereocenters. The van der Waals surface area contributed by atoms with Crippen LogP contribution in [0.15, 0.2) is 59.5 Å². The molecule has 0 fully saturated rings. The summed E-state index contributed by atoms with van der Waals surface area (Å²) in [6.07, 6.45) is 0. The lowest BCUT2D eigenvalue weighted by molar-refractivity contribution is 0.402. The third kappa shape index (κ3) is 4.50. The number of benzene rings is 2. The smallest absolute Gasteiger partial charge is 0.266 e. The van der Waals surface area contributed by atoms with E-state index in [-0.39, 0.29) is 22.3 Å². The molecule has 0 unspecified atom stereocenters. The van der Waals surface area contributed by atoms with Crippen molar-refractivity contribution in [3.63, 3.8) is 0 Å². The average Bonchev–Trinajstić information content (AvgIpc) is 2.63. The minimum absolute atomic E-state index is 0.00811. The molecule has 0 aliphatic heterocycles. The molecule has 2 N–H and O–H groups in total. The monoisotopic (exact) mass is 388 g/mol. The Labute approximate surface area is 156 Å². The standard InChI is InChI=1S/C18H17FN4O3S/c1-12-6-7-15(26-2)16(10-12)27(24,25)23-18-9-8-17(21-22-18)20-14-5-3-4-13(19)11-14/h3-11H,1-2H3,(H,20,21)(H,22,23). The SMILES string of the molecule is COc1ccc(C)cc1S(=O)(=O)Nc1ccc(Nc2cccc(F)c2)nn1. The lowest BCUT2D eigenvalue weighted by atomic mass is 10.2. The molecule has 0 amide bonds. The first kappa shape index (κ1) is 18.6. The molecule has 0 radical (unpaired) electrons. The maximum atomic E-state index is 13.2. The molecule has 1 heterocycles. The highest BCUT2D eigenvalue weighted by Gasteiger charge is 2.20. The molecule has 3 rings (SSSR count). The third-order valence-corrected chi connectivity index (χ3v) is 4.99. The zero-order valence-electron chi connectivity index (χ0n) is 14.6. The first-order chi connectivity index (χ1) is 12.9. The second kappa shape index (κ2) is 7.58. The number of anilines is 3. The van der Waals surface area contributed by atoms with Gasteiger partial charge in [-0.3, -0.25) is 4.72 Å². The lowest BCUT2D eigenvalue weighted by Crippen LogP contribution is -2.15. The maximum absolute atomic E-state index is 13.2. The van der Waals surface area contributed by atoms with Crippen molar-refractivity contribution in [2.75, 3.05) is 17.1 Å². The Balaban J connectivity index is 1.79. The highest BCUT2D eigenvalue weighted by atomic mass is 32.2. The lowest BCUT2D eigenvalue weighted by Gasteiger charge is -2.12. The number of aryl methyl sites for hydroxylation is 1. The van der Waals surface area contributed by atoms with Crippen molar-refractivity contribution >= 4 is 27.3 Å². The molecule has 0 aliphatic rings. The molecule has 0 saturated carbocycles. The Morgan fingerprint density at radius 1 is 1.00 bits per heavy atom. The average molecular weight is 388 g/mol. The number of hydrogen-bond donors (Lipinski definition) is 2. The van der Waals surface area contributed by atoms with E-state index >= 15 is 0 Å². The van der Waals surface area contributed by atoms with E-state index in [1.165, 1.54) is 37.4 Å². The number of rotatable bonds is 6. The van der Waals surface area contributed by atoms with Gasteiger partial charge in [0.1, 0.15) is 16.5 Å². The summed E-state index contributed by atoms with van der Waals surface area (Å²) in [5.74, 6) is 0.231. The summed E-state index contributed by atoms with van der Waals surface area (Å²) in [6, 6.07) is 13.7. The summed E-state index contributed by atoms with van der Waals surface area (Å²) < 4.78 is 46.0. The second-order valence-electron chi connectivity index (χ2n) is 5.70. The van der Waals surface area contributed by atoms with Gasteiger partial charge in [0, 0.05) is 5.69 Å². The van der Waals surface area contributed by atoms with E-state index in [1.54, 1.807) is 31.2 Å². The molecule has 0 spiro atoms. The molecule has 27 heavy (non-hydrogen) atoms. The molecule has 140 valence electrons. The van der Waals surface area contributed by atoms with Crippen molar-refractivity contribution in [1.82, 2.24) is 10.2 Å². The summed E-state index contributed by atoms with van der Waals surface area (Å²) >= 11 is 0. The van der Waals surface area contributed by atoms with Gasteiger partial charge in [-0.2, -0.15) is 0 Å². The van der Waals surface area contributed by atoms with E-state index < -0.39 is 10.0 Å². The molecule has 0 aliphatic carbocycles. The van der Waals surface area contributed by atoms with Gasteiger partial charge >= 0.3 is 0 Å². The van der Waals surface area contributed by atoms with Gasteiger partial charge in [0.2, 0.25) is 0 Å². The fourth-order valence-electron chi connectivity index (χ4n) is 2.35. The number of hydrogen-bond acceptors (Lipinski definition) is 6. The van der Waals surface area contributed by atoms with E-state index in [4.69, 9.17) is 4.74 Å². The Bertz CT molecular complexity index is 1060. The second-order valence-corrected chi connectivity index (χ2v) is 7.35. The van der Waals surface area contributed by atoms with E-state index in [0.29, 0.717) is 11.5 Å². The highest BCUT2D eigenvalue weighted by molar-refractivity contribution is 7.92. The summed E-state index contributed by atoms with van der Waals surface area (Å²) in [4.78, 5) is 0.00811. The van der Waals surface area contributed by atoms with Gasteiger partial charge < -0.3 is 10.1 Å².